The molecule has 1 aromatic carbocycles. The molecular formula is C8H5BrN2O. The number of nitrogens with zero attached hydrogens (tertiary/aromatic N) is 1. The molecule has 0 aliphatic carbocycles. The van der Waals surface area contributed by atoms with Crippen LogP contribution >= 0.6 is 15.9 Å². The van der Waals surface area contributed by atoms with E-state index in [1.165, 1.54) is 0 Å². The Kier molecular flexibility index (Phi) is 1.69. The number of aromatic amines is 1. The van der Waals surface area contributed by atoms with E-state index in [1.807, 2.05) is 12.1 Å². The van der Waals surface area contributed by atoms with E-state index in [9.17, 15) is 4.79 Å². The molecule has 0 fully saturated rings. The van der Waals surface area contributed by atoms with Crippen molar-refractivity contribution in [1.82, 2.24) is 9.97 Å². The molecule has 1 N–H and O–H groups in total. The maximum absolute atomic E-state index is 11.3. The third-order valence-corrected chi connectivity index (χ3v) is 1.96. The van der Waals surface area contributed by atoms with Gasteiger partial charge in [-0.2, -0.15) is 0 Å². The number of hydrogen-bond donors (Lipinski definition) is 1. The molecule has 0 bridgehead atoms. The molecule has 0 aliphatic heterocycles. The van der Waals surface area contributed by atoms with Gasteiger partial charge in [0.2, 0.25) is 0 Å². The van der Waals surface area contributed by atoms with Crippen LogP contribution in [0.3, 0.4) is 0 Å². The maximum Gasteiger partial charge on any atom is 0.259 e. The average Bonchev–Trinajstić information content (AvgIpc) is 2.04. The molecule has 0 saturated carbocycles. The number of rotatable bonds is 0. The summed E-state index contributed by atoms with van der Waals surface area (Å²) in [6.45, 7) is 0. The molecular weight excluding hydrogens is 220 g/mol. The fourth-order valence-electron chi connectivity index (χ4n) is 1.06. The molecule has 2 rings (SSSR count). The largest absolute Gasteiger partial charge is 0.301 e. The van der Waals surface area contributed by atoms with Gasteiger partial charge in [0.05, 0.1) is 10.9 Å². The lowest BCUT2D eigenvalue weighted by atomic mass is 10.2. The summed E-state index contributed by atoms with van der Waals surface area (Å²) in [6.07, 6.45) is 0. The van der Waals surface area contributed by atoms with Crippen LogP contribution < -0.4 is 5.56 Å². The van der Waals surface area contributed by atoms with Crippen molar-refractivity contribution in [3.63, 3.8) is 0 Å². The van der Waals surface area contributed by atoms with Gasteiger partial charge in [0.25, 0.3) is 5.56 Å². The van der Waals surface area contributed by atoms with Gasteiger partial charge in [-0.05, 0) is 28.1 Å². The normalized spacial score (nSPS) is 10.4. The highest BCUT2D eigenvalue weighted by molar-refractivity contribution is 9.10. The average molecular weight is 225 g/mol. The fraction of sp³-hybridized carbons (Fsp3) is 0. The van der Waals surface area contributed by atoms with Crippen LogP contribution in [0.5, 0.6) is 0 Å². The van der Waals surface area contributed by atoms with E-state index >= 15 is 0 Å². The summed E-state index contributed by atoms with van der Waals surface area (Å²) in [5, 5.41) is 0.612. The summed E-state index contributed by atoms with van der Waals surface area (Å²) in [5.41, 5.74) is 0.584. The number of nitrogens with one attached hydrogen (secondary N) is 1. The second kappa shape index (κ2) is 2.71. The molecule has 60 valence electrons. The quantitative estimate of drug-likeness (QED) is 0.693. The lowest BCUT2D eigenvalue weighted by Crippen LogP contribution is -2.07. The summed E-state index contributed by atoms with van der Waals surface area (Å²) >= 11 is 3.12. The first kappa shape index (κ1) is 7.49. The summed E-state index contributed by atoms with van der Waals surface area (Å²) in [5.74, 6) is 0. The van der Waals surface area contributed by atoms with Crippen LogP contribution in [0.4, 0.5) is 0 Å². The van der Waals surface area contributed by atoms with Crippen LogP contribution in [0.2, 0.25) is 0 Å². The minimum absolute atomic E-state index is 0.118. The van der Waals surface area contributed by atoms with Crippen LogP contribution in [0, 0.1) is 0 Å². The van der Waals surface area contributed by atoms with E-state index in [4.69, 9.17) is 0 Å². The van der Waals surface area contributed by atoms with Crippen molar-refractivity contribution in [1.29, 1.82) is 0 Å². The van der Waals surface area contributed by atoms with E-state index in [0.717, 1.165) is 0 Å². The van der Waals surface area contributed by atoms with Gasteiger partial charge in [0, 0.05) is 0 Å². The minimum atomic E-state index is -0.118. The van der Waals surface area contributed by atoms with E-state index < -0.39 is 0 Å². The van der Waals surface area contributed by atoms with Gasteiger partial charge in [0.15, 0.2) is 4.73 Å². The second-order valence-electron chi connectivity index (χ2n) is 2.37. The Balaban J connectivity index is 2.99. The molecule has 0 aliphatic rings. The SMILES string of the molecule is O=c1[nH]c(Br)nc2ccccc12. The third kappa shape index (κ3) is 1.14. The highest BCUT2D eigenvalue weighted by Crippen LogP contribution is 2.07. The van der Waals surface area contributed by atoms with Crippen LogP contribution in [0.1, 0.15) is 0 Å². The number of aromatic nitrogens is 2. The zero-order chi connectivity index (χ0) is 8.55. The van der Waals surface area contributed by atoms with Crippen molar-refractivity contribution in [2.24, 2.45) is 0 Å². The third-order valence-electron chi connectivity index (χ3n) is 1.58. The molecule has 0 saturated heterocycles. The number of para-hydroxylation sites is 1. The van der Waals surface area contributed by atoms with Crippen LogP contribution in [0.15, 0.2) is 33.8 Å². The number of hydrogen-bond acceptors (Lipinski definition) is 2. The molecule has 1 aromatic heterocycles. The minimum Gasteiger partial charge on any atom is -0.301 e. The van der Waals surface area contributed by atoms with Crippen molar-refractivity contribution >= 4 is 26.8 Å². The smallest absolute Gasteiger partial charge is 0.259 e. The molecule has 0 amide bonds. The van der Waals surface area contributed by atoms with Gasteiger partial charge in [-0.1, -0.05) is 12.1 Å². The molecule has 1 heterocycles. The molecule has 0 unspecified atom stereocenters. The number of benzene rings is 1. The highest BCUT2D eigenvalue weighted by atomic mass is 79.9. The summed E-state index contributed by atoms with van der Waals surface area (Å²) < 4.78 is 0.464. The first-order chi connectivity index (χ1) is 5.77. The lowest BCUT2D eigenvalue weighted by Gasteiger charge is -1.94. The van der Waals surface area contributed by atoms with E-state index in [0.29, 0.717) is 15.6 Å². The molecule has 0 spiro atoms. The predicted molar refractivity (Wildman–Crippen MR) is 50.1 cm³/mol. The van der Waals surface area contributed by atoms with Gasteiger partial charge in [-0.15, -0.1) is 0 Å². The lowest BCUT2D eigenvalue weighted by molar-refractivity contribution is 1.12. The summed E-state index contributed by atoms with van der Waals surface area (Å²) in [7, 11) is 0. The van der Waals surface area contributed by atoms with Gasteiger partial charge >= 0.3 is 0 Å². The van der Waals surface area contributed by atoms with Gasteiger partial charge in [0.1, 0.15) is 0 Å². The zero-order valence-corrected chi connectivity index (χ0v) is 7.63. The number of fused-ring (bicyclic) bond motifs is 1. The number of halogens is 1. The monoisotopic (exact) mass is 224 g/mol. The van der Waals surface area contributed by atoms with Crippen LogP contribution in [-0.2, 0) is 0 Å². The molecule has 2 aromatic rings. The molecule has 12 heavy (non-hydrogen) atoms. The van der Waals surface area contributed by atoms with Gasteiger partial charge < -0.3 is 4.98 Å². The van der Waals surface area contributed by atoms with Crippen molar-refractivity contribution < 1.29 is 0 Å². The predicted octanol–water partition coefficient (Wildman–Crippen LogP) is 1.69. The first-order valence-electron chi connectivity index (χ1n) is 3.42. The standard InChI is InChI=1S/C8H5BrN2O/c9-8-10-6-4-2-1-3-5(6)7(12)11-8/h1-4H,(H,10,11,12). The molecule has 0 atom stereocenters. The van der Waals surface area contributed by atoms with Crippen molar-refractivity contribution in [3.05, 3.63) is 39.4 Å². The highest BCUT2D eigenvalue weighted by Gasteiger charge is 1.98. The summed E-state index contributed by atoms with van der Waals surface area (Å²) in [6, 6.07) is 7.21. The van der Waals surface area contributed by atoms with Crippen molar-refractivity contribution in [2.45, 2.75) is 0 Å². The Hall–Kier alpha value is -1.16. The number of H-pyrrole nitrogens is 1. The van der Waals surface area contributed by atoms with Gasteiger partial charge in [-0.3, -0.25) is 4.79 Å². The van der Waals surface area contributed by atoms with E-state index in [1.54, 1.807) is 12.1 Å². The molecule has 3 nitrogen and oxygen atoms in total. The Morgan fingerprint density at radius 1 is 1.33 bits per heavy atom. The van der Waals surface area contributed by atoms with Crippen LogP contribution in [-0.4, -0.2) is 9.97 Å². The molecule has 0 radical (unpaired) electrons. The Labute approximate surface area is 76.6 Å². The van der Waals surface area contributed by atoms with E-state index in [2.05, 4.69) is 25.9 Å². The van der Waals surface area contributed by atoms with E-state index in [-0.39, 0.29) is 5.56 Å². The summed E-state index contributed by atoms with van der Waals surface area (Å²) in [4.78, 5) is 17.9. The Morgan fingerprint density at radius 2 is 2.08 bits per heavy atom. The van der Waals surface area contributed by atoms with Crippen molar-refractivity contribution in [2.75, 3.05) is 0 Å². The zero-order valence-electron chi connectivity index (χ0n) is 6.04. The topological polar surface area (TPSA) is 45.8 Å². The fourth-order valence-corrected chi connectivity index (χ4v) is 1.43. The van der Waals surface area contributed by atoms with Gasteiger partial charge in [-0.25, -0.2) is 4.98 Å². The van der Waals surface area contributed by atoms with Crippen molar-refractivity contribution in [3.8, 4) is 0 Å². The second-order valence-corrected chi connectivity index (χ2v) is 3.13. The first-order valence-corrected chi connectivity index (χ1v) is 4.21. The van der Waals surface area contributed by atoms with Crippen LogP contribution in [0.25, 0.3) is 10.9 Å². The Morgan fingerprint density at radius 3 is 2.92 bits per heavy atom. The maximum atomic E-state index is 11.3. The molecule has 4 heteroatoms. The Bertz CT molecular complexity index is 478.